The molecule has 1 unspecified atom stereocenters. The Kier molecular flexibility index (Phi) is 4.19. The first-order valence-corrected chi connectivity index (χ1v) is 13.3. The van der Waals surface area contributed by atoms with Crippen molar-refractivity contribution in [1.29, 1.82) is 0 Å². The van der Waals surface area contributed by atoms with Gasteiger partial charge in [0.1, 0.15) is 0 Å². The van der Waals surface area contributed by atoms with Crippen molar-refractivity contribution >= 4 is 44.6 Å². The van der Waals surface area contributed by atoms with E-state index in [1.165, 1.54) is 16.3 Å². The summed E-state index contributed by atoms with van der Waals surface area (Å²) in [7, 11) is -3.15. The highest BCUT2D eigenvalue weighted by Crippen LogP contribution is 2.53. The van der Waals surface area contributed by atoms with Crippen LogP contribution in [0.2, 0.25) is 0 Å². The van der Waals surface area contributed by atoms with E-state index in [1.807, 2.05) is 36.4 Å². The normalized spacial score (nSPS) is 16.5. The molecule has 1 atom stereocenters. The van der Waals surface area contributed by atoms with E-state index in [4.69, 9.17) is 0 Å². The van der Waals surface area contributed by atoms with Crippen LogP contribution in [-0.2, 0) is 4.57 Å². The van der Waals surface area contributed by atoms with Crippen molar-refractivity contribution in [3.63, 3.8) is 0 Å². The van der Waals surface area contributed by atoms with Gasteiger partial charge in [-0.25, -0.2) is 0 Å². The average Bonchev–Trinajstić information content (AvgIpc) is 3.00. The van der Waals surface area contributed by atoms with Crippen LogP contribution in [0.4, 0.5) is 0 Å². The minimum atomic E-state index is -3.15. The van der Waals surface area contributed by atoms with Gasteiger partial charge in [-0.3, -0.25) is 0 Å². The maximum Gasteiger partial charge on any atom is 0.172 e. The van der Waals surface area contributed by atoms with E-state index in [0.717, 1.165) is 43.4 Å². The van der Waals surface area contributed by atoms with Gasteiger partial charge < -0.3 is 4.57 Å². The monoisotopic (exact) mass is 452 g/mol. The molecule has 1 heterocycles. The molecule has 0 saturated carbocycles. The summed E-state index contributed by atoms with van der Waals surface area (Å²) in [5, 5.41) is 7.34. The second-order valence-corrected chi connectivity index (χ2v) is 11.6. The molecule has 0 bridgehead atoms. The lowest BCUT2D eigenvalue weighted by molar-refractivity contribution is 0.592. The number of hydrogen-bond acceptors (Lipinski definition) is 1. The van der Waals surface area contributed by atoms with Crippen molar-refractivity contribution in [2.45, 2.75) is 0 Å². The van der Waals surface area contributed by atoms with Crippen LogP contribution < -0.4 is 15.9 Å². The summed E-state index contributed by atoms with van der Waals surface area (Å²) in [6.07, 6.45) is 0. The molecule has 1 aliphatic rings. The summed E-state index contributed by atoms with van der Waals surface area (Å²) >= 11 is 0. The Bertz CT molecular complexity index is 1780. The average molecular weight is 452 g/mol. The molecule has 0 spiro atoms. The fraction of sp³-hybridized carbons (Fsp3) is 0. The van der Waals surface area contributed by atoms with Gasteiger partial charge in [-0.1, -0.05) is 115 Å². The van der Waals surface area contributed by atoms with Crippen molar-refractivity contribution in [3.8, 4) is 22.3 Å². The van der Waals surface area contributed by atoms with Gasteiger partial charge in [-0.05, 0) is 55.9 Å². The summed E-state index contributed by atoms with van der Waals surface area (Å²) in [6, 6.07) is 44.0. The third-order valence-electron chi connectivity index (χ3n) is 7.05. The highest BCUT2D eigenvalue weighted by molar-refractivity contribution is 7.85. The lowest BCUT2D eigenvalue weighted by Gasteiger charge is -2.22. The van der Waals surface area contributed by atoms with E-state index in [2.05, 4.69) is 91.0 Å². The van der Waals surface area contributed by atoms with E-state index in [0.29, 0.717) is 0 Å². The lowest BCUT2D eigenvalue weighted by Crippen LogP contribution is -2.26. The van der Waals surface area contributed by atoms with E-state index >= 15 is 4.57 Å². The predicted octanol–water partition coefficient (Wildman–Crippen LogP) is 7.28. The van der Waals surface area contributed by atoms with Gasteiger partial charge >= 0.3 is 0 Å². The molecule has 7 rings (SSSR count). The molecular formula is C32H21OP. The van der Waals surface area contributed by atoms with Gasteiger partial charge in [0.15, 0.2) is 7.14 Å². The summed E-state index contributed by atoms with van der Waals surface area (Å²) < 4.78 is 15.5. The van der Waals surface area contributed by atoms with E-state index in [-0.39, 0.29) is 0 Å². The van der Waals surface area contributed by atoms with E-state index in [9.17, 15) is 0 Å². The zero-order valence-electron chi connectivity index (χ0n) is 18.5. The van der Waals surface area contributed by atoms with Crippen LogP contribution in [0.15, 0.2) is 127 Å². The molecule has 0 aromatic heterocycles. The minimum Gasteiger partial charge on any atom is -0.309 e. The van der Waals surface area contributed by atoms with Crippen molar-refractivity contribution < 1.29 is 4.57 Å². The zero-order valence-corrected chi connectivity index (χ0v) is 19.4. The maximum absolute atomic E-state index is 15.5. The third kappa shape index (κ3) is 2.65. The first-order valence-electron chi connectivity index (χ1n) is 11.6. The predicted molar refractivity (Wildman–Crippen MR) is 145 cm³/mol. The topological polar surface area (TPSA) is 17.1 Å². The van der Waals surface area contributed by atoms with Crippen LogP contribution in [0.3, 0.4) is 0 Å². The molecular weight excluding hydrogens is 431 g/mol. The second-order valence-electron chi connectivity index (χ2n) is 8.89. The standard InChI is InChI=1S/C32H21OP/c33-34(25-13-2-1-3-14-25)30-17-9-8-16-27(30)28-19-18-22-10-6-7-15-26(22)32(28)29-20-23-11-4-5-12-24(23)21-31(29)34/h1-21H. The first-order chi connectivity index (χ1) is 16.7. The summed E-state index contributed by atoms with van der Waals surface area (Å²) in [6.45, 7) is 0. The van der Waals surface area contributed by atoms with Crippen molar-refractivity contribution in [2.75, 3.05) is 0 Å². The Hall–Kier alpha value is -3.93. The van der Waals surface area contributed by atoms with Gasteiger partial charge in [0.05, 0.1) is 0 Å². The van der Waals surface area contributed by atoms with Crippen molar-refractivity contribution in [2.24, 2.45) is 0 Å². The van der Waals surface area contributed by atoms with Gasteiger partial charge in [-0.2, -0.15) is 0 Å². The summed E-state index contributed by atoms with van der Waals surface area (Å²) in [5.74, 6) is 0. The first kappa shape index (κ1) is 19.5. The molecule has 6 aromatic rings. The highest BCUT2D eigenvalue weighted by Gasteiger charge is 2.38. The summed E-state index contributed by atoms with van der Waals surface area (Å²) in [4.78, 5) is 0. The zero-order chi connectivity index (χ0) is 22.7. The lowest BCUT2D eigenvalue weighted by atomic mass is 9.89. The number of hydrogen-bond donors (Lipinski definition) is 0. The van der Waals surface area contributed by atoms with E-state index < -0.39 is 7.14 Å². The molecule has 0 amide bonds. The van der Waals surface area contributed by atoms with Crippen LogP contribution in [-0.4, -0.2) is 0 Å². The molecule has 2 heteroatoms. The van der Waals surface area contributed by atoms with Crippen LogP contribution in [0, 0.1) is 0 Å². The van der Waals surface area contributed by atoms with Crippen molar-refractivity contribution in [1.82, 2.24) is 0 Å². The van der Waals surface area contributed by atoms with Gasteiger partial charge in [0, 0.05) is 15.9 Å². The molecule has 0 radical (unpaired) electrons. The fourth-order valence-corrected chi connectivity index (χ4v) is 8.57. The van der Waals surface area contributed by atoms with Gasteiger partial charge in [0.2, 0.25) is 0 Å². The number of fused-ring (bicyclic) bond motifs is 8. The molecule has 160 valence electrons. The Labute approximate surface area is 198 Å². The molecule has 0 saturated heterocycles. The Morgan fingerprint density at radius 3 is 1.91 bits per heavy atom. The maximum atomic E-state index is 15.5. The smallest absolute Gasteiger partial charge is 0.172 e. The minimum absolute atomic E-state index is 0.871. The molecule has 0 aliphatic carbocycles. The Morgan fingerprint density at radius 2 is 1.09 bits per heavy atom. The van der Waals surface area contributed by atoms with Crippen LogP contribution >= 0.6 is 7.14 Å². The quantitative estimate of drug-likeness (QED) is 0.239. The SMILES string of the molecule is O=P1(c2ccccc2)c2ccccc2-c2ccc3ccccc3c2-c2cc3ccccc3cc21. The molecule has 6 aromatic carbocycles. The van der Waals surface area contributed by atoms with Gasteiger partial charge in [-0.15, -0.1) is 0 Å². The van der Waals surface area contributed by atoms with Gasteiger partial charge in [0.25, 0.3) is 0 Å². The Balaban J connectivity index is 1.76. The van der Waals surface area contributed by atoms with Crippen LogP contribution in [0.25, 0.3) is 43.8 Å². The van der Waals surface area contributed by atoms with Crippen molar-refractivity contribution in [3.05, 3.63) is 127 Å². The van der Waals surface area contributed by atoms with Crippen LogP contribution in [0.5, 0.6) is 0 Å². The molecule has 34 heavy (non-hydrogen) atoms. The highest BCUT2D eigenvalue weighted by atomic mass is 31.2. The molecule has 0 N–H and O–H groups in total. The molecule has 0 fully saturated rings. The number of rotatable bonds is 1. The summed E-state index contributed by atoms with van der Waals surface area (Å²) in [5.41, 5.74) is 4.42. The van der Waals surface area contributed by atoms with Crippen LogP contribution in [0.1, 0.15) is 0 Å². The number of benzene rings is 6. The third-order valence-corrected chi connectivity index (χ3v) is 10.2. The Morgan fingerprint density at radius 1 is 0.441 bits per heavy atom. The second kappa shape index (κ2) is 7.29. The molecule has 1 aliphatic heterocycles. The fourth-order valence-electron chi connectivity index (χ4n) is 5.50. The largest absolute Gasteiger partial charge is 0.309 e. The van der Waals surface area contributed by atoms with E-state index in [1.54, 1.807) is 0 Å². The molecule has 1 nitrogen and oxygen atoms in total.